The van der Waals surface area contributed by atoms with Crippen molar-refractivity contribution in [2.45, 2.75) is 31.8 Å². The summed E-state index contributed by atoms with van der Waals surface area (Å²) in [6, 6.07) is 8.05. The van der Waals surface area contributed by atoms with Gasteiger partial charge in [0.1, 0.15) is 11.4 Å². The topological polar surface area (TPSA) is 45.1 Å². The first-order valence-corrected chi connectivity index (χ1v) is 9.75. The molecule has 6 heteroatoms. The number of halogens is 1. The van der Waals surface area contributed by atoms with Gasteiger partial charge < -0.3 is 4.74 Å². The molecule has 0 radical (unpaired) electrons. The van der Waals surface area contributed by atoms with E-state index in [0.717, 1.165) is 43.3 Å². The van der Waals surface area contributed by atoms with Crippen LogP contribution in [0.1, 0.15) is 25.3 Å². The Balaban J connectivity index is 1.48. The summed E-state index contributed by atoms with van der Waals surface area (Å²) in [7, 11) is 1.67. The van der Waals surface area contributed by atoms with Crippen molar-refractivity contribution in [1.82, 2.24) is 9.80 Å². The van der Waals surface area contributed by atoms with Gasteiger partial charge in [-0.3, -0.25) is 19.6 Å². The third-order valence-corrected chi connectivity index (χ3v) is 6.48. The minimum atomic E-state index is -0.531. The first-order valence-electron chi connectivity index (χ1n) is 9.37. The molecule has 5 nitrogen and oxygen atoms in total. The van der Waals surface area contributed by atoms with Gasteiger partial charge in [-0.1, -0.05) is 23.7 Å². The molecule has 1 aromatic carbocycles. The Bertz CT molecular complexity index is 720. The highest BCUT2D eigenvalue weighted by Gasteiger charge is 2.60. The number of ether oxygens (including phenoxy) is 1. The van der Waals surface area contributed by atoms with E-state index >= 15 is 0 Å². The molecule has 2 fully saturated rings. The van der Waals surface area contributed by atoms with Crippen LogP contribution in [0.3, 0.4) is 0 Å². The molecule has 1 aromatic rings. The summed E-state index contributed by atoms with van der Waals surface area (Å²) in [5, 5.41) is 0.767. The van der Waals surface area contributed by atoms with Crippen molar-refractivity contribution in [2.24, 2.45) is 16.8 Å². The predicted octanol–water partition coefficient (Wildman–Crippen LogP) is 2.83. The summed E-state index contributed by atoms with van der Waals surface area (Å²) in [5.41, 5.74) is 0.736. The molecule has 1 saturated heterocycles. The van der Waals surface area contributed by atoms with E-state index in [9.17, 15) is 4.79 Å². The lowest BCUT2D eigenvalue weighted by Gasteiger charge is -2.28. The largest absolute Gasteiger partial charge is 0.383 e. The first kappa shape index (κ1) is 18.0. The average Bonchev–Trinajstić information content (AvgIpc) is 3.24. The molecule has 140 valence electrons. The van der Waals surface area contributed by atoms with Gasteiger partial charge in [-0.25, -0.2) is 0 Å². The van der Waals surface area contributed by atoms with E-state index in [0.29, 0.717) is 25.0 Å². The number of aliphatic imine (C=N–C) groups is 1. The van der Waals surface area contributed by atoms with Gasteiger partial charge in [0, 0.05) is 37.7 Å². The monoisotopic (exact) mass is 375 g/mol. The minimum Gasteiger partial charge on any atom is -0.383 e. The molecule has 0 aromatic heterocycles. The van der Waals surface area contributed by atoms with Gasteiger partial charge in [0.05, 0.1) is 13.2 Å². The highest BCUT2D eigenvalue weighted by molar-refractivity contribution is 6.30. The summed E-state index contributed by atoms with van der Waals surface area (Å²) in [6.07, 6.45) is 1.97. The van der Waals surface area contributed by atoms with Crippen LogP contribution in [-0.2, 0) is 16.1 Å². The van der Waals surface area contributed by atoms with Gasteiger partial charge in [0.25, 0.3) is 5.91 Å². The zero-order chi connectivity index (χ0) is 18.3. The smallest absolute Gasteiger partial charge is 0.256 e. The van der Waals surface area contributed by atoms with Gasteiger partial charge in [0.2, 0.25) is 0 Å². The van der Waals surface area contributed by atoms with E-state index in [2.05, 4.69) is 17.0 Å². The molecule has 3 aliphatic rings. The van der Waals surface area contributed by atoms with Crippen molar-refractivity contribution in [3.63, 3.8) is 0 Å². The molecule has 1 saturated carbocycles. The summed E-state index contributed by atoms with van der Waals surface area (Å²) in [6.45, 7) is 5.99. The lowest BCUT2D eigenvalue weighted by molar-refractivity contribution is -0.132. The fourth-order valence-corrected chi connectivity index (χ4v) is 5.12. The number of hydrogen-bond acceptors (Lipinski definition) is 4. The Morgan fingerprint density at radius 2 is 2.08 bits per heavy atom. The van der Waals surface area contributed by atoms with Crippen LogP contribution >= 0.6 is 11.6 Å². The number of benzene rings is 1. The average molecular weight is 376 g/mol. The lowest BCUT2D eigenvalue weighted by atomic mass is 9.85. The molecule has 2 heterocycles. The number of carbonyl (C=O) groups excluding carboxylic acids is 1. The van der Waals surface area contributed by atoms with Crippen LogP contribution in [0.2, 0.25) is 5.02 Å². The second-order valence-electron chi connectivity index (χ2n) is 7.76. The molecule has 1 amide bonds. The zero-order valence-corrected chi connectivity index (χ0v) is 16.2. The number of hydrogen-bond donors (Lipinski definition) is 0. The second-order valence-corrected chi connectivity index (χ2v) is 8.20. The number of methoxy groups -OCH3 is 1. The van der Waals surface area contributed by atoms with Crippen LogP contribution in [0.15, 0.2) is 29.3 Å². The molecule has 0 unspecified atom stereocenters. The van der Waals surface area contributed by atoms with E-state index in [1.807, 2.05) is 24.0 Å². The summed E-state index contributed by atoms with van der Waals surface area (Å²) in [5.74, 6) is 1.92. The summed E-state index contributed by atoms with van der Waals surface area (Å²) >= 11 is 5.99. The van der Waals surface area contributed by atoms with Crippen LogP contribution < -0.4 is 0 Å². The van der Waals surface area contributed by atoms with Gasteiger partial charge >= 0.3 is 0 Å². The standard InChI is InChI=1S/C20H26ClN3O2/c1-14-22-20(19(25)24(14)9-10-26-2)8-7-16-12-23(13-18(16)20)11-15-3-5-17(21)6-4-15/h3-6,16,18H,7-13H2,1-2H3/t16-,18+,20-/m1/s1. The molecular formula is C20H26ClN3O2. The SMILES string of the molecule is COCCN1C(=O)[C@]2(CC[C@@H]3CN(Cc4ccc(Cl)cc4)C[C@@H]32)N=C1C. The van der Waals surface area contributed by atoms with Gasteiger partial charge in [-0.15, -0.1) is 0 Å². The van der Waals surface area contributed by atoms with Gasteiger partial charge in [-0.2, -0.15) is 0 Å². The number of amidine groups is 1. The van der Waals surface area contributed by atoms with Crippen LogP contribution in [0.4, 0.5) is 0 Å². The van der Waals surface area contributed by atoms with Crippen molar-refractivity contribution in [3.8, 4) is 0 Å². The second kappa shape index (κ2) is 6.95. The maximum absolute atomic E-state index is 13.2. The summed E-state index contributed by atoms with van der Waals surface area (Å²) in [4.78, 5) is 22.4. The quantitative estimate of drug-likeness (QED) is 0.795. The lowest BCUT2D eigenvalue weighted by Crippen LogP contribution is -2.47. The molecule has 0 N–H and O–H groups in total. The van der Waals surface area contributed by atoms with E-state index < -0.39 is 5.54 Å². The van der Waals surface area contributed by atoms with E-state index in [4.69, 9.17) is 21.3 Å². The number of nitrogens with zero attached hydrogens (tertiary/aromatic N) is 3. The van der Waals surface area contributed by atoms with Crippen molar-refractivity contribution < 1.29 is 9.53 Å². The van der Waals surface area contributed by atoms with Crippen molar-refractivity contribution in [2.75, 3.05) is 33.4 Å². The van der Waals surface area contributed by atoms with Crippen LogP contribution in [0, 0.1) is 11.8 Å². The fraction of sp³-hybridized carbons (Fsp3) is 0.600. The molecular weight excluding hydrogens is 350 g/mol. The summed E-state index contributed by atoms with van der Waals surface area (Å²) < 4.78 is 5.16. The molecule has 3 atom stereocenters. The third-order valence-electron chi connectivity index (χ3n) is 6.23. The minimum absolute atomic E-state index is 0.188. The Morgan fingerprint density at radius 3 is 2.81 bits per heavy atom. The third kappa shape index (κ3) is 2.96. The predicted molar refractivity (Wildman–Crippen MR) is 102 cm³/mol. The highest BCUT2D eigenvalue weighted by atomic mass is 35.5. The maximum Gasteiger partial charge on any atom is 0.256 e. The van der Waals surface area contributed by atoms with E-state index in [1.165, 1.54) is 5.56 Å². The Morgan fingerprint density at radius 1 is 1.31 bits per heavy atom. The van der Waals surface area contributed by atoms with E-state index in [1.54, 1.807) is 7.11 Å². The van der Waals surface area contributed by atoms with Gasteiger partial charge in [-0.05, 0) is 43.4 Å². The van der Waals surface area contributed by atoms with Crippen LogP contribution in [-0.4, -0.2) is 60.4 Å². The van der Waals surface area contributed by atoms with Gasteiger partial charge in [0.15, 0.2) is 0 Å². The van der Waals surface area contributed by atoms with Crippen LogP contribution in [0.25, 0.3) is 0 Å². The number of likely N-dealkylation sites (tertiary alicyclic amines) is 1. The normalized spacial score (nSPS) is 31.1. The molecule has 4 rings (SSSR count). The first-order chi connectivity index (χ1) is 12.5. The number of fused-ring (bicyclic) bond motifs is 2. The Hall–Kier alpha value is -1.43. The van der Waals surface area contributed by atoms with E-state index in [-0.39, 0.29) is 5.91 Å². The fourth-order valence-electron chi connectivity index (χ4n) is 4.99. The van der Waals surface area contributed by atoms with Crippen LogP contribution in [0.5, 0.6) is 0 Å². The number of rotatable bonds is 5. The molecule has 1 aliphatic carbocycles. The number of amides is 1. The molecule has 2 aliphatic heterocycles. The molecule has 0 bridgehead atoms. The van der Waals surface area contributed by atoms with Crippen molar-refractivity contribution in [3.05, 3.63) is 34.9 Å². The molecule has 1 spiro atoms. The van der Waals surface area contributed by atoms with Crippen molar-refractivity contribution in [1.29, 1.82) is 0 Å². The molecule has 26 heavy (non-hydrogen) atoms. The Kier molecular flexibility index (Phi) is 4.80. The highest BCUT2D eigenvalue weighted by Crippen LogP contribution is 2.50. The Labute approximate surface area is 160 Å². The zero-order valence-electron chi connectivity index (χ0n) is 15.4. The van der Waals surface area contributed by atoms with Crippen molar-refractivity contribution >= 4 is 23.3 Å². The maximum atomic E-state index is 13.2. The number of carbonyl (C=O) groups is 1.